The van der Waals surface area contributed by atoms with Gasteiger partial charge < -0.3 is 4.74 Å². The predicted molar refractivity (Wildman–Crippen MR) is 89.0 cm³/mol. The third-order valence-electron chi connectivity index (χ3n) is 3.90. The van der Waals surface area contributed by atoms with Crippen LogP contribution in [0.15, 0.2) is 30.7 Å². The number of hydrogen-bond acceptors (Lipinski definition) is 7. The van der Waals surface area contributed by atoms with Crippen molar-refractivity contribution < 1.29 is 19.1 Å². The number of carbonyl (C=O) groups excluding carboxylic acids is 3. The second-order valence-corrected chi connectivity index (χ2v) is 5.68. The van der Waals surface area contributed by atoms with Crippen molar-refractivity contribution in [3.8, 4) is 0 Å². The van der Waals surface area contributed by atoms with Gasteiger partial charge in [-0.1, -0.05) is 0 Å². The number of pyridine rings is 1. The van der Waals surface area contributed by atoms with Crippen LogP contribution in [0, 0.1) is 6.92 Å². The minimum absolute atomic E-state index is 0.132. The van der Waals surface area contributed by atoms with Gasteiger partial charge in [-0.25, -0.2) is 19.8 Å². The first-order valence-corrected chi connectivity index (χ1v) is 7.98. The molecule has 0 unspecified atom stereocenters. The minimum Gasteiger partial charge on any atom is -0.465 e. The molecule has 0 spiro atoms. The van der Waals surface area contributed by atoms with Crippen molar-refractivity contribution in [1.82, 2.24) is 25.0 Å². The molecule has 2 aromatic heterocycles. The SMILES string of the molecule is COC(=O)c1ccc(C(=O)N2CCCN2C(=O)c2cnc(C)cn2)nc1. The third-order valence-corrected chi connectivity index (χ3v) is 3.90. The lowest BCUT2D eigenvalue weighted by Crippen LogP contribution is -2.45. The number of methoxy groups -OCH3 is 1. The average molecular weight is 355 g/mol. The molecule has 3 heterocycles. The quantitative estimate of drug-likeness (QED) is 0.752. The first kappa shape index (κ1) is 17.5. The van der Waals surface area contributed by atoms with Gasteiger partial charge in [0.2, 0.25) is 0 Å². The first-order valence-electron chi connectivity index (χ1n) is 7.98. The number of nitrogens with zero attached hydrogens (tertiary/aromatic N) is 5. The number of hydrogen-bond donors (Lipinski definition) is 0. The molecular formula is C17H17N5O4. The maximum Gasteiger partial charge on any atom is 0.339 e. The Balaban J connectivity index is 1.78. The van der Waals surface area contributed by atoms with E-state index in [0.717, 1.165) is 0 Å². The molecule has 1 fully saturated rings. The molecule has 2 aromatic rings. The summed E-state index contributed by atoms with van der Waals surface area (Å²) in [6.45, 7) is 2.57. The lowest BCUT2D eigenvalue weighted by atomic mass is 10.2. The van der Waals surface area contributed by atoms with Gasteiger partial charge >= 0.3 is 5.97 Å². The van der Waals surface area contributed by atoms with E-state index in [0.29, 0.717) is 25.2 Å². The van der Waals surface area contributed by atoms with E-state index in [9.17, 15) is 14.4 Å². The zero-order chi connectivity index (χ0) is 18.7. The van der Waals surface area contributed by atoms with Crippen LogP contribution in [-0.2, 0) is 4.74 Å². The predicted octanol–water partition coefficient (Wildman–Crippen LogP) is 0.870. The molecule has 0 bridgehead atoms. The fourth-order valence-electron chi connectivity index (χ4n) is 2.56. The van der Waals surface area contributed by atoms with Gasteiger partial charge in [0.1, 0.15) is 11.4 Å². The molecule has 2 amide bonds. The second-order valence-electron chi connectivity index (χ2n) is 5.68. The number of ether oxygens (including phenoxy) is 1. The number of esters is 1. The van der Waals surface area contributed by atoms with E-state index in [2.05, 4.69) is 19.7 Å². The molecular weight excluding hydrogens is 338 g/mol. The van der Waals surface area contributed by atoms with Crippen LogP contribution < -0.4 is 0 Å². The first-order chi connectivity index (χ1) is 12.5. The van der Waals surface area contributed by atoms with Crippen LogP contribution in [0.2, 0.25) is 0 Å². The highest BCUT2D eigenvalue weighted by Gasteiger charge is 2.33. The second kappa shape index (κ2) is 7.26. The lowest BCUT2D eigenvalue weighted by molar-refractivity contribution is 0.0178. The highest BCUT2D eigenvalue weighted by molar-refractivity contribution is 5.98. The Morgan fingerprint density at radius 1 is 0.923 bits per heavy atom. The fourth-order valence-corrected chi connectivity index (χ4v) is 2.56. The van der Waals surface area contributed by atoms with Crippen molar-refractivity contribution >= 4 is 17.8 Å². The van der Waals surface area contributed by atoms with E-state index in [1.54, 1.807) is 6.92 Å². The van der Waals surface area contributed by atoms with Crippen molar-refractivity contribution in [2.24, 2.45) is 0 Å². The minimum atomic E-state index is -0.535. The summed E-state index contributed by atoms with van der Waals surface area (Å²) in [5, 5.41) is 2.68. The summed E-state index contributed by atoms with van der Waals surface area (Å²) in [7, 11) is 1.27. The standard InChI is InChI=1S/C17H17N5O4/c1-11-8-19-14(10-18-11)16(24)22-7-3-6-21(22)15(23)13-5-4-12(9-20-13)17(25)26-2/h4-5,8-10H,3,6-7H2,1-2H3. The van der Waals surface area contributed by atoms with Crippen LogP contribution in [0.1, 0.15) is 43.4 Å². The highest BCUT2D eigenvalue weighted by Crippen LogP contribution is 2.17. The van der Waals surface area contributed by atoms with E-state index < -0.39 is 17.8 Å². The summed E-state index contributed by atoms with van der Waals surface area (Å²) in [5.41, 5.74) is 1.25. The topological polar surface area (TPSA) is 106 Å². The zero-order valence-electron chi connectivity index (χ0n) is 14.4. The Kier molecular flexibility index (Phi) is 4.87. The van der Waals surface area contributed by atoms with Gasteiger partial charge in [0.05, 0.1) is 24.6 Å². The molecule has 0 radical (unpaired) electrons. The highest BCUT2D eigenvalue weighted by atomic mass is 16.5. The number of rotatable bonds is 3. The molecule has 1 aliphatic heterocycles. The molecule has 1 saturated heterocycles. The van der Waals surface area contributed by atoms with Crippen molar-refractivity contribution in [2.75, 3.05) is 20.2 Å². The van der Waals surface area contributed by atoms with Gasteiger partial charge in [0.25, 0.3) is 11.8 Å². The van der Waals surface area contributed by atoms with Gasteiger partial charge in [-0.15, -0.1) is 0 Å². The van der Waals surface area contributed by atoms with Crippen molar-refractivity contribution in [3.63, 3.8) is 0 Å². The maximum atomic E-state index is 12.7. The molecule has 0 aromatic carbocycles. The molecule has 134 valence electrons. The van der Waals surface area contributed by atoms with Crippen molar-refractivity contribution in [1.29, 1.82) is 0 Å². The van der Waals surface area contributed by atoms with Crippen LogP contribution >= 0.6 is 0 Å². The number of hydrazine groups is 1. The summed E-state index contributed by atoms with van der Waals surface area (Å²) in [5.74, 6) is -1.35. The molecule has 0 saturated carbocycles. The monoisotopic (exact) mass is 355 g/mol. The van der Waals surface area contributed by atoms with E-state index in [1.165, 1.54) is 47.9 Å². The van der Waals surface area contributed by atoms with Gasteiger partial charge in [-0.3, -0.25) is 19.6 Å². The summed E-state index contributed by atoms with van der Waals surface area (Å²) < 4.78 is 4.60. The third kappa shape index (κ3) is 3.37. The molecule has 3 rings (SSSR count). The van der Waals surface area contributed by atoms with Crippen LogP contribution in [0.3, 0.4) is 0 Å². The van der Waals surface area contributed by atoms with Crippen molar-refractivity contribution in [3.05, 3.63) is 53.4 Å². The van der Waals surface area contributed by atoms with E-state index in [1.807, 2.05) is 0 Å². The largest absolute Gasteiger partial charge is 0.465 e. The Morgan fingerprint density at radius 2 is 1.58 bits per heavy atom. The summed E-state index contributed by atoms with van der Waals surface area (Å²) >= 11 is 0. The zero-order valence-corrected chi connectivity index (χ0v) is 14.4. The Labute approximate surface area is 149 Å². The van der Waals surface area contributed by atoms with E-state index >= 15 is 0 Å². The summed E-state index contributed by atoms with van der Waals surface area (Å²) in [6, 6.07) is 2.89. The molecule has 0 N–H and O–H groups in total. The molecule has 26 heavy (non-hydrogen) atoms. The normalized spacial score (nSPS) is 13.6. The molecule has 9 heteroatoms. The van der Waals surface area contributed by atoms with Gasteiger partial charge in [0, 0.05) is 25.5 Å². The van der Waals surface area contributed by atoms with Gasteiger partial charge in [-0.05, 0) is 25.5 Å². The molecule has 1 aliphatic rings. The summed E-state index contributed by atoms with van der Waals surface area (Å²) in [6.07, 6.45) is 4.81. The van der Waals surface area contributed by atoms with E-state index in [-0.39, 0.29) is 17.0 Å². The van der Waals surface area contributed by atoms with Gasteiger partial charge in [-0.2, -0.15) is 0 Å². The number of carbonyl (C=O) groups is 3. The maximum absolute atomic E-state index is 12.7. The van der Waals surface area contributed by atoms with Crippen LogP contribution in [-0.4, -0.2) is 63.0 Å². The number of amides is 2. The molecule has 9 nitrogen and oxygen atoms in total. The van der Waals surface area contributed by atoms with Gasteiger partial charge in [0.15, 0.2) is 0 Å². The Morgan fingerprint density at radius 3 is 2.12 bits per heavy atom. The average Bonchev–Trinajstić information content (AvgIpc) is 3.16. The number of aromatic nitrogens is 3. The van der Waals surface area contributed by atoms with Crippen LogP contribution in [0.4, 0.5) is 0 Å². The molecule has 0 aliphatic carbocycles. The number of aryl methyl sites for hydroxylation is 1. The van der Waals surface area contributed by atoms with Crippen molar-refractivity contribution in [2.45, 2.75) is 13.3 Å². The fraction of sp³-hybridized carbons (Fsp3) is 0.294. The van der Waals surface area contributed by atoms with Crippen LogP contribution in [0.5, 0.6) is 0 Å². The Hall–Kier alpha value is -3.36. The lowest BCUT2D eigenvalue weighted by Gasteiger charge is -2.27. The van der Waals surface area contributed by atoms with Crippen LogP contribution in [0.25, 0.3) is 0 Å². The van der Waals surface area contributed by atoms with E-state index in [4.69, 9.17) is 0 Å². The molecule has 0 atom stereocenters. The summed E-state index contributed by atoms with van der Waals surface area (Å²) in [4.78, 5) is 48.9. The smallest absolute Gasteiger partial charge is 0.339 e. The Bertz CT molecular complexity index is 835.